The molecule has 0 atom stereocenters. The Morgan fingerprint density at radius 1 is 0.865 bits per heavy atom. The Bertz CT molecular complexity index is 1490. The van der Waals surface area contributed by atoms with Crippen LogP contribution in [-0.4, -0.2) is 26.7 Å². The predicted octanol–water partition coefficient (Wildman–Crippen LogP) is 5.89. The monoisotopic (exact) mass is 515 g/mol. The largest absolute Gasteiger partial charge is 0.497 e. The van der Waals surface area contributed by atoms with Crippen LogP contribution in [0.1, 0.15) is 16.7 Å². The molecule has 0 unspecified atom stereocenters. The molecule has 0 radical (unpaired) electrons. The summed E-state index contributed by atoms with van der Waals surface area (Å²) in [5.41, 5.74) is 2.89. The van der Waals surface area contributed by atoms with Gasteiger partial charge in [0.15, 0.2) is 0 Å². The number of non-ortho nitro benzene ring substituents is 1. The zero-order valence-electron chi connectivity index (χ0n) is 20.1. The second-order valence-corrected chi connectivity index (χ2v) is 10.1. The Kier molecular flexibility index (Phi) is 7.95. The van der Waals surface area contributed by atoms with Crippen LogP contribution in [0, 0.1) is 10.1 Å². The Balaban J connectivity index is 1.72. The number of benzene rings is 4. The van der Waals surface area contributed by atoms with Crippen molar-refractivity contribution in [3.8, 4) is 5.75 Å². The molecular formula is C28H25N3O5S. The molecule has 0 aromatic heterocycles. The molecule has 9 heteroatoms. The summed E-state index contributed by atoms with van der Waals surface area (Å²) in [5.74, 6) is 0.510. The molecule has 4 aromatic rings. The van der Waals surface area contributed by atoms with Crippen LogP contribution < -0.4 is 9.04 Å². The third-order valence-corrected chi connectivity index (χ3v) is 7.32. The van der Waals surface area contributed by atoms with Gasteiger partial charge in [-0.1, -0.05) is 54.6 Å². The Morgan fingerprint density at radius 3 is 2.16 bits per heavy atom. The lowest BCUT2D eigenvalue weighted by molar-refractivity contribution is -0.384. The van der Waals surface area contributed by atoms with Crippen molar-refractivity contribution in [2.75, 3.05) is 11.4 Å². The Morgan fingerprint density at radius 2 is 1.51 bits per heavy atom. The van der Waals surface area contributed by atoms with Crippen LogP contribution in [0.15, 0.2) is 108 Å². The van der Waals surface area contributed by atoms with E-state index < -0.39 is 14.9 Å². The zero-order chi connectivity index (χ0) is 26.3. The number of rotatable bonds is 10. The molecule has 0 aliphatic carbocycles. The van der Waals surface area contributed by atoms with Crippen molar-refractivity contribution in [1.29, 1.82) is 0 Å². The smallest absolute Gasteiger partial charge is 0.269 e. The van der Waals surface area contributed by atoms with Crippen molar-refractivity contribution < 1.29 is 18.1 Å². The summed E-state index contributed by atoms with van der Waals surface area (Å²) in [6, 6.07) is 29.1. The number of methoxy groups -OCH3 is 1. The van der Waals surface area contributed by atoms with Crippen LogP contribution >= 0.6 is 0 Å². The first-order valence-corrected chi connectivity index (χ1v) is 13.0. The summed E-state index contributed by atoms with van der Waals surface area (Å²) in [6.07, 6.45) is 1.66. The minimum absolute atomic E-state index is 0.0117. The van der Waals surface area contributed by atoms with Gasteiger partial charge in [-0.25, -0.2) is 8.42 Å². The van der Waals surface area contributed by atoms with Crippen molar-refractivity contribution in [2.45, 2.75) is 12.3 Å². The highest BCUT2D eigenvalue weighted by Crippen LogP contribution is 2.33. The summed E-state index contributed by atoms with van der Waals surface area (Å²) in [4.78, 5) is 15.2. The van der Waals surface area contributed by atoms with Gasteiger partial charge >= 0.3 is 0 Å². The van der Waals surface area contributed by atoms with Crippen molar-refractivity contribution in [1.82, 2.24) is 0 Å². The fraction of sp³-hybridized carbons (Fsp3) is 0.107. The lowest BCUT2D eigenvalue weighted by atomic mass is 10.2. The van der Waals surface area contributed by atoms with E-state index in [-0.39, 0.29) is 18.0 Å². The number of nitro groups is 1. The fourth-order valence-electron chi connectivity index (χ4n) is 3.70. The summed E-state index contributed by atoms with van der Waals surface area (Å²) in [7, 11) is -2.27. The molecular weight excluding hydrogens is 490 g/mol. The second-order valence-electron chi connectivity index (χ2n) is 8.19. The van der Waals surface area contributed by atoms with E-state index in [1.54, 1.807) is 74.0 Å². The molecule has 4 aromatic carbocycles. The van der Waals surface area contributed by atoms with E-state index in [0.29, 0.717) is 22.5 Å². The number of ether oxygens (including phenoxy) is 1. The zero-order valence-corrected chi connectivity index (χ0v) is 20.9. The van der Waals surface area contributed by atoms with E-state index in [4.69, 9.17) is 4.74 Å². The number of anilines is 1. The van der Waals surface area contributed by atoms with Gasteiger partial charge in [0.05, 0.1) is 35.7 Å². The molecule has 0 fully saturated rings. The van der Waals surface area contributed by atoms with Gasteiger partial charge in [-0.2, -0.15) is 0 Å². The molecule has 0 saturated carbocycles. The first kappa shape index (κ1) is 25.6. The van der Waals surface area contributed by atoms with Crippen molar-refractivity contribution in [3.63, 3.8) is 0 Å². The van der Waals surface area contributed by atoms with Crippen LogP contribution in [0.3, 0.4) is 0 Å². The number of sulfonamides is 1. The molecule has 0 heterocycles. The van der Waals surface area contributed by atoms with Crippen molar-refractivity contribution in [3.05, 3.63) is 130 Å². The SMILES string of the molecule is COc1ccc(C=Nc2ccccc2N(Cc2ccc([N+](=O)[O-])cc2)S(=O)(=O)Cc2ccccc2)cc1. The van der Waals surface area contributed by atoms with Crippen LogP contribution in [-0.2, 0) is 22.3 Å². The molecule has 0 bridgehead atoms. The number of para-hydroxylation sites is 2. The van der Waals surface area contributed by atoms with Crippen LogP contribution in [0.2, 0.25) is 0 Å². The van der Waals surface area contributed by atoms with Crippen molar-refractivity contribution in [2.24, 2.45) is 4.99 Å². The third kappa shape index (κ3) is 6.59. The van der Waals surface area contributed by atoms with Crippen LogP contribution in [0.5, 0.6) is 5.75 Å². The number of hydrogen-bond acceptors (Lipinski definition) is 6. The van der Waals surface area contributed by atoms with Gasteiger partial charge < -0.3 is 4.74 Å². The molecule has 37 heavy (non-hydrogen) atoms. The minimum atomic E-state index is -3.86. The number of aliphatic imine (C=N–C) groups is 1. The summed E-state index contributed by atoms with van der Waals surface area (Å²) >= 11 is 0. The summed E-state index contributed by atoms with van der Waals surface area (Å²) in [6.45, 7) is -0.0117. The highest BCUT2D eigenvalue weighted by Gasteiger charge is 2.25. The van der Waals surface area contributed by atoms with E-state index in [0.717, 1.165) is 11.3 Å². The summed E-state index contributed by atoms with van der Waals surface area (Å²) < 4.78 is 34.0. The lowest BCUT2D eigenvalue weighted by Gasteiger charge is -2.26. The molecule has 0 spiro atoms. The topological polar surface area (TPSA) is 102 Å². The van der Waals surface area contributed by atoms with Gasteiger partial charge in [-0.05, 0) is 53.1 Å². The maximum absolute atomic E-state index is 13.7. The van der Waals surface area contributed by atoms with Gasteiger partial charge in [0.25, 0.3) is 5.69 Å². The van der Waals surface area contributed by atoms with Gasteiger partial charge in [-0.15, -0.1) is 0 Å². The molecule has 0 saturated heterocycles. The number of nitrogens with zero attached hydrogens (tertiary/aromatic N) is 3. The first-order valence-electron chi connectivity index (χ1n) is 11.4. The molecule has 0 N–H and O–H groups in total. The minimum Gasteiger partial charge on any atom is -0.497 e. The third-order valence-electron chi connectivity index (χ3n) is 5.62. The number of nitro benzene ring substituents is 1. The molecule has 0 amide bonds. The van der Waals surface area contributed by atoms with Gasteiger partial charge in [0.2, 0.25) is 10.0 Å². The maximum Gasteiger partial charge on any atom is 0.269 e. The van der Waals surface area contributed by atoms with Crippen LogP contribution in [0.25, 0.3) is 0 Å². The molecule has 4 rings (SSSR count). The molecule has 188 valence electrons. The normalized spacial score (nSPS) is 11.4. The predicted molar refractivity (Wildman–Crippen MR) is 145 cm³/mol. The van der Waals surface area contributed by atoms with E-state index in [9.17, 15) is 18.5 Å². The van der Waals surface area contributed by atoms with Crippen molar-refractivity contribution >= 4 is 33.3 Å². The second kappa shape index (κ2) is 11.5. The quantitative estimate of drug-likeness (QED) is 0.149. The molecule has 8 nitrogen and oxygen atoms in total. The highest BCUT2D eigenvalue weighted by atomic mass is 32.2. The fourth-order valence-corrected chi connectivity index (χ4v) is 5.27. The maximum atomic E-state index is 13.7. The molecule has 0 aliphatic rings. The van der Waals surface area contributed by atoms with Gasteiger partial charge in [0, 0.05) is 18.3 Å². The molecule has 0 aliphatic heterocycles. The van der Waals surface area contributed by atoms with E-state index in [2.05, 4.69) is 4.99 Å². The van der Waals surface area contributed by atoms with Crippen LogP contribution in [0.4, 0.5) is 17.1 Å². The number of hydrogen-bond donors (Lipinski definition) is 0. The van der Waals surface area contributed by atoms with Gasteiger partial charge in [-0.3, -0.25) is 19.4 Å². The highest BCUT2D eigenvalue weighted by molar-refractivity contribution is 7.92. The Hall–Kier alpha value is -4.50. The van der Waals surface area contributed by atoms with Gasteiger partial charge in [0.1, 0.15) is 5.75 Å². The average molecular weight is 516 g/mol. The van der Waals surface area contributed by atoms with E-state index >= 15 is 0 Å². The Labute approximate surface area is 215 Å². The first-order chi connectivity index (χ1) is 17.9. The van der Waals surface area contributed by atoms with E-state index in [1.165, 1.54) is 16.4 Å². The summed E-state index contributed by atoms with van der Waals surface area (Å²) in [5, 5.41) is 11.1. The average Bonchev–Trinajstić information content (AvgIpc) is 2.91. The standard InChI is InChI=1S/C28H25N3O5S/c1-36-26-17-13-22(14-18-26)19-29-27-9-5-6-10-28(27)30(20-23-11-15-25(16-12-23)31(32)33)37(34,35)21-24-7-3-2-4-8-24/h2-19H,20-21H2,1H3. The lowest BCUT2D eigenvalue weighted by Crippen LogP contribution is -2.31. The van der Waals surface area contributed by atoms with E-state index in [1.807, 2.05) is 30.3 Å².